The third-order valence-corrected chi connectivity index (χ3v) is 7.16. The Hall–Kier alpha value is -3.91. The molecule has 1 fully saturated rings. The molecule has 4 rings (SSSR count). The van der Waals surface area contributed by atoms with Crippen molar-refractivity contribution in [1.82, 2.24) is 4.90 Å². The highest BCUT2D eigenvalue weighted by Crippen LogP contribution is 2.41. The number of carbonyl (C=O) groups excluding carboxylic acids is 1. The highest BCUT2D eigenvalue weighted by atomic mass is 19.1. The van der Waals surface area contributed by atoms with Gasteiger partial charge in [0.25, 0.3) is 0 Å². The molecule has 1 saturated heterocycles. The lowest BCUT2D eigenvalue weighted by Crippen LogP contribution is -2.44. The summed E-state index contributed by atoms with van der Waals surface area (Å²) < 4.78 is 25.6. The number of halogens is 1. The van der Waals surface area contributed by atoms with Gasteiger partial charge in [0.2, 0.25) is 5.91 Å². The second kappa shape index (κ2) is 12.3. The van der Waals surface area contributed by atoms with Crippen molar-refractivity contribution in [3.05, 3.63) is 77.6 Å². The second-order valence-electron chi connectivity index (χ2n) is 10.0. The summed E-state index contributed by atoms with van der Waals surface area (Å²) in [6.07, 6.45) is 1.38. The highest BCUT2D eigenvalue weighted by molar-refractivity contribution is 5.96. The molecule has 1 aliphatic rings. The van der Waals surface area contributed by atoms with Crippen molar-refractivity contribution in [2.75, 3.05) is 31.6 Å². The van der Waals surface area contributed by atoms with Crippen LogP contribution >= 0.6 is 0 Å². The Bertz CT molecular complexity index is 1270. The molecule has 1 aliphatic heterocycles. The summed E-state index contributed by atoms with van der Waals surface area (Å²) in [6.45, 7) is 8.97. The van der Waals surface area contributed by atoms with E-state index in [9.17, 15) is 14.0 Å². The Balaban J connectivity index is 1.46. The molecular formula is C31H35FN2O5. The zero-order valence-corrected chi connectivity index (χ0v) is 22.6. The van der Waals surface area contributed by atoms with Gasteiger partial charge in [0.1, 0.15) is 17.3 Å². The van der Waals surface area contributed by atoms with Gasteiger partial charge in [0, 0.05) is 17.6 Å². The molecule has 0 unspecified atom stereocenters. The van der Waals surface area contributed by atoms with Crippen LogP contribution in [0.2, 0.25) is 0 Å². The molecule has 0 radical (unpaired) electrons. The lowest BCUT2D eigenvalue weighted by Gasteiger charge is -2.38. The van der Waals surface area contributed by atoms with Gasteiger partial charge in [-0.2, -0.15) is 0 Å². The molecule has 3 aromatic rings. The van der Waals surface area contributed by atoms with Gasteiger partial charge < -0.3 is 19.9 Å². The van der Waals surface area contributed by atoms with Gasteiger partial charge in [0.15, 0.2) is 0 Å². The van der Waals surface area contributed by atoms with Crippen molar-refractivity contribution < 1.29 is 28.6 Å². The number of carbonyl (C=O) groups is 2. The SMILES string of the molecule is CCOc1cc(CN2CCC(C)(C(=O)Nc3ccc(C(=O)O)cc3)CC2)cc(OCC)c1-c1ccc(F)cc1. The average molecular weight is 535 g/mol. The number of hydrogen-bond donors (Lipinski definition) is 2. The van der Waals surface area contributed by atoms with E-state index in [2.05, 4.69) is 10.2 Å². The van der Waals surface area contributed by atoms with Crippen molar-refractivity contribution in [1.29, 1.82) is 0 Å². The van der Waals surface area contributed by atoms with Crippen molar-refractivity contribution in [2.45, 2.75) is 40.2 Å². The maximum atomic E-state index is 13.6. The summed E-state index contributed by atoms with van der Waals surface area (Å²) in [5.41, 5.74) is 2.91. The molecule has 39 heavy (non-hydrogen) atoms. The van der Waals surface area contributed by atoms with E-state index in [1.165, 1.54) is 24.3 Å². The van der Waals surface area contributed by atoms with Gasteiger partial charge in [-0.1, -0.05) is 19.1 Å². The number of likely N-dealkylation sites (tertiary alicyclic amines) is 1. The van der Waals surface area contributed by atoms with Gasteiger partial charge in [-0.25, -0.2) is 9.18 Å². The molecule has 3 aromatic carbocycles. The monoisotopic (exact) mass is 534 g/mol. The van der Waals surface area contributed by atoms with E-state index < -0.39 is 11.4 Å². The molecule has 206 valence electrons. The third kappa shape index (κ3) is 6.75. The van der Waals surface area contributed by atoms with Crippen LogP contribution < -0.4 is 14.8 Å². The maximum absolute atomic E-state index is 13.6. The summed E-state index contributed by atoms with van der Waals surface area (Å²) in [5.74, 6) is 0.0266. The second-order valence-corrected chi connectivity index (χ2v) is 10.0. The van der Waals surface area contributed by atoms with Gasteiger partial charge >= 0.3 is 5.97 Å². The minimum Gasteiger partial charge on any atom is -0.493 e. The highest BCUT2D eigenvalue weighted by Gasteiger charge is 2.37. The molecule has 0 spiro atoms. The zero-order chi connectivity index (χ0) is 28.0. The van der Waals surface area contributed by atoms with Crippen molar-refractivity contribution >= 4 is 17.6 Å². The van der Waals surface area contributed by atoms with Gasteiger partial charge in [-0.05, 0) is 99.4 Å². The minimum absolute atomic E-state index is 0.0638. The Kier molecular flexibility index (Phi) is 8.86. The molecule has 0 aliphatic carbocycles. The number of hydrogen-bond acceptors (Lipinski definition) is 5. The van der Waals surface area contributed by atoms with E-state index in [1.54, 1.807) is 24.3 Å². The molecule has 1 heterocycles. The number of nitrogens with zero attached hydrogens (tertiary/aromatic N) is 1. The summed E-state index contributed by atoms with van der Waals surface area (Å²) >= 11 is 0. The van der Waals surface area contributed by atoms with Crippen LogP contribution in [0.5, 0.6) is 11.5 Å². The zero-order valence-electron chi connectivity index (χ0n) is 22.6. The number of benzene rings is 3. The molecule has 0 saturated carbocycles. The first-order valence-corrected chi connectivity index (χ1v) is 13.3. The van der Waals surface area contributed by atoms with E-state index in [0.29, 0.717) is 49.8 Å². The van der Waals surface area contributed by atoms with Crippen LogP contribution in [0.25, 0.3) is 11.1 Å². The van der Waals surface area contributed by atoms with Crippen LogP contribution in [-0.4, -0.2) is 48.2 Å². The fourth-order valence-corrected chi connectivity index (χ4v) is 4.84. The summed E-state index contributed by atoms with van der Waals surface area (Å²) in [7, 11) is 0. The van der Waals surface area contributed by atoms with E-state index >= 15 is 0 Å². The van der Waals surface area contributed by atoms with Crippen LogP contribution in [0.3, 0.4) is 0 Å². The largest absolute Gasteiger partial charge is 0.493 e. The van der Waals surface area contributed by atoms with E-state index in [0.717, 1.165) is 29.8 Å². The fraction of sp³-hybridized carbons (Fsp3) is 0.355. The quantitative estimate of drug-likeness (QED) is 0.321. The number of rotatable bonds is 10. The minimum atomic E-state index is -1.00. The first-order chi connectivity index (χ1) is 18.7. The predicted molar refractivity (Wildman–Crippen MR) is 149 cm³/mol. The number of carboxylic acid groups (broad SMARTS) is 1. The Morgan fingerprint density at radius 2 is 1.51 bits per heavy atom. The summed E-state index contributed by atoms with van der Waals surface area (Å²) in [4.78, 5) is 26.5. The molecule has 0 bridgehead atoms. The molecule has 1 amide bonds. The number of piperidine rings is 1. The van der Waals surface area contributed by atoms with E-state index in [1.807, 2.05) is 32.9 Å². The molecular weight excluding hydrogens is 499 g/mol. The molecule has 7 nitrogen and oxygen atoms in total. The van der Waals surface area contributed by atoms with Crippen LogP contribution in [0.4, 0.5) is 10.1 Å². The number of ether oxygens (including phenoxy) is 2. The normalized spacial score (nSPS) is 15.0. The van der Waals surface area contributed by atoms with E-state index in [-0.39, 0.29) is 17.3 Å². The standard InChI is InChI=1S/C31H35FN2O5/c1-4-38-26-18-21(19-27(39-5-2)28(26)22-6-10-24(32)11-7-22)20-34-16-14-31(3,15-17-34)30(37)33-25-12-8-23(9-13-25)29(35)36/h6-13,18-19H,4-5,14-17,20H2,1-3H3,(H,33,37)(H,35,36). The lowest BCUT2D eigenvalue weighted by molar-refractivity contribution is -0.127. The number of nitrogens with one attached hydrogen (secondary N) is 1. The number of carboxylic acids is 1. The molecule has 0 atom stereocenters. The summed E-state index contributed by atoms with van der Waals surface area (Å²) in [5, 5.41) is 12.0. The predicted octanol–water partition coefficient (Wildman–Crippen LogP) is 6.23. The van der Waals surface area contributed by atoms with Crippen molar-refractivity contribution in [3.8, 4) is 22.6 Å². The van der Waals surface area contributed by atoms with Crippen LogP contribution in [0.1, 0.15) is 49.5 Å². The third-order valence-electron chi connectivity index (χ3n) is 7.16. The maximum Gasteiger partial charge on any atom is 0.335 e. The van der Waals surface area contributed by atoms with Crippen LogP contribution in [0.15, 0.2) is 60.7 Å². The summed E-state index contributed by atoms with van der Waals surface area (Å²) in [6, 6.07) is 16.6. The average Bonchev–Trinajstić information content (AvgIpc) is 2.91. The van der Waals surface area contributed by atoms with Crippen LogP contribution in [-0.2, 0) is 11.3 Å². The van der Waals surface area contributed by atoms with Gasteiger partial charge in [-0.3, -0.25) is 9.69 Å². The lowest BCUT2D eigenvalue weighted by atomic mass is 9.79. The Morgan fingerprint density at radius 1 is 0.949 bits per heavy atom. The van der Waals surface area contributed by atoms with Crippen molar-refractivity contribution in [3.63, 3.8) is 0 Å². The van der Waals surface area contributed by atoms with Crippen LogP contribution in [0, 0.1) is 11.2 Å². The van der Waals surface area contributed by atoms with E-state index in [4.69, 9.17) is 14.6 Å². The van der Waals surface area contributed by atoms with Crippen molar-refractivity contribution in [2.24, 2.45) is 5.41 Å². The topological polar surface area (TPSA) is 88.1 Å². The number of anilines is 1. The number of aromatic carboxylic acids is 1. The fourth-order valence-electron chi connectivity index (χ4n) is 4.84. The molecule has 0 aromatic heterocycles. The smallest absolute Gasteiger partial charge is 0.335 e. The van der Waals surface area contributed by atoms with Gasteiger partial charge in [0.05, 0.1) is 24.3 Å². The Labute approximate surface area is 228 Å². The first-order valence-electron chi connectivity index (χ1n) is 13.3. The molecule has 2 N–H and O–H groups in total. The van der Waals surface area contributed by atoms with Gasteiger partial charge in [-0.15, -0.1) is 0 Å². The number of amides is 1. The molecule has 8 heteroatoms. The Morgan fingerprint density at radius 3 is 2.03 bits per heavy atom. The first kappa shape index (κ1) is 28.1.